The van der Waals surface area contributed by atoms with E-state index in [1.807, 2.05) is 50.3 Å². The van der Waals surface area contributed by atoms with Gasteiger partial charge in [-0.2, -0.15) is 0 Å². The van der Waals surface area contributed by atoms with Gasteiger partial charge < -0.3 is 5.11 Å². The Morgan fingerprint density at radius 1 is 1.29 bits per heavy atom. The van der Waals surface area contributed by atoms with E-state index in [1.165, 1.54) is 5.57 Å². The van der Waals surface area contributed by atoms with Crippen molar-refractivity contribution < 1.29 is 5.11 Å². The van der Waals surface area contributed by atoms with Crippen LogP contribution in [0.25, 0.3) is 0 Å². The third-order valence-corrected chi connectivity index (χ3v) is 2.11. The number of allylic oxidation sites excluding steroid dienone is 5. The van der Waals surface area contributed by atoms with Gasteiger partial charge in [-0.25, -0.2) is 0 Å². The summed E-state index contributed by atoms with van der Waals surface area (Å²) in [6.45, 7) is 4.01. The van der Waals surface area contributed by atoms with Crippen molar-refractivity contribution in [1.82, 2.24) is 0 Å². The maximum absolute atomic E-state index is 9.49. The van der Waals surface area contributed by atoms with Crippen molar-refractivity contribution in [3.63, 3.8) is 0 Å². The lowest BCUT2D eigenvalue weighted by atomic mass is 10.2. The number of hydrogen-bond donors (Lipinski definition) is 1. The minimum Gasteiger partial charge on any atom is -0.507 e. The second-order valence-electron chi connectivity index (χ2n) is 3.59. The number of benzene rings is 1. The van der Waals surface area contributed by atoms with Gasteiger partial charge in [0.1, 0.15) is 5.75 Å². The molecule has 0 unspecified atom stereocenters. The number of aliphatic imine (C=N–C) groups is 1. The molecule has 0 amide bonds. The van der Waals surface area contributed by atoms with Gasteiger partial charge in [-0.1, -0.05) is 35.9 Å². The molecular weight excluding hydrogens is 210 g/mol. The normalized spacial score (nSPS) is 13.2. The molecule has 0 aliphatic rings. The standard InChI is InChI=1S/C15H17NO/c1-3-7-13(2)8-6-11-16-12-14-9-4-5-10-15(14)17/h3-12,17H,1-2H3/b7-3+,11-6+,13-8-,16-12+. The minimum absolute atomic E-state index is 0.241. The molecule has 88 valence electrons. The first kappa shape index (κ1) is 13.0. The van der Waals surface area contributed by atoms with E-state index in [-0.39, 0.29) is 5.75 Å². The summed E-state index contributed by atoms with van der Waals surface area (Å²) < 4.78 is 0. The average molecular weight is 227 g/mol. The third-order valence-electron chi connectivity index (χ3n) is 2.11. The van der Waals surface area contributed by atoms with Crippen LogP contribution in [-0.4, -0.2) is 11.3 Å². The molecule has 0 radical (unpaired) electrons. The summed E-state index contributed by atoms with van der Waals surface area (Å²) in [6.07, 6.45) is 11.2. The number of hydrogen-bond acceptors (Lipinski definition) is 2. The molecule has 2 nitrogen and oxygen atoms in total. The molecule has 1 aromatic carbocycles. The van der Waals surface area contributed by atoms with Crippen LogP contribution >= 0.6 is 0 Å². The molecule has 0 saturated heterocycles. The predicted molar refractivity (Wildman–Crippen MR) is 73.4 cm³/mol. The monoisotopic (exact) mass is 227 g/mol. The topological polar surface area (TPSA) is 32.6 Å². The van der Waals surface area contributed by atoms with Crippen LogP contribution in [0.5, 0.6) is 5.75 Å². The number of aromatic hydroxyl groups is 1. The van der Waals surface area contributed by atoms with E-state index < -0.39 is 0 Å². The van der Waals surface area contributed by atoms with Gasteiger partial charge in [-0.15, -0.1) is 0 Å². The highest BCUT2D eigenvalue weighted by molar-refractivity contribution is 5.83. The van der Waals surface area contributed by atoms with E-state index in [0.717, 1.165) is 0 Å². The first-order chi connectivity index (χ1) is 8.24. The fraction of sp³-hybridized carbons (Fsp3) is 0.133. The predicted octanol–water partition coefficient (Wildman–Crippen LogP) is 3.85. The van der Waals surface area contributed by atoms with E-state index >= 15 is 0 Å². The molecule has 17 heavy (non-hydrogen) atoms. The summed E-state index contributed by atoms with van der Waals surface area (Å²) in [4.78, 5) is 4.10. The van der Waals surface area contributed by atoms with Gasteiger partial charge in [0.15, 0.2) is 0 Å². The lowest BCUT2D eigenvalue weighted by Gasteiger charge is -1.94. The Labute approximate surface area is 102 Å². The van der Waals surface area contributed by atoms with Crippen molar-refractivity contribution in [2.24, 2.45) is 4.99 Å². The van der Waals surface area contributed by atoms with Crippen molar-refractivity contribution in [3.05, 3.63) is 65.9 Å². The van der Waals surface area contributed by atoms with Crippen molar-refractivity contribution in [2.75, 3.05) is 0 Å². The summed E-state index contributed by atoms with van der Waals surface area (Å²) in [6, 6.07) is 7.10. The Hall–Kier alpha value is -2.09. The molecule has 1 N–H and O–H groups in total. The van der Waals surface area contributed by atoms with Gasteiger partial charge in [0.25, 0.3) is 0 Å². The first-order valence-electron chi connectivity index (χ1n) is 5.51. The van der Waals surface area contributed by atoms with Crippen LogP contribution in [0.1, 0.15) is 19.4 Å². The van der Waals surface area contributed by atoms with Gasteiger partial charge in [0.2, 0.25) is 0 Å². The zero-order valence-corrected chi connectivity index (χ0v) is 10.2. The second kappa shape index (κ2) is 7.23. The SMILES string of the molecule is C/C=C/C(C)=C\C=C\N=C\c1ccccc1O. The zero-order valence-electron chi connectivity index (χ0n) is 10.2. The van der Waals surface area contributed by atoms with E-state index in [4.69, 9.17) is 0 Å². The van der Waals surface area contributed by atoms with E-state index in [9.17, 15) is 5.11 Å². The Kier molecular flexibility index (Phi) is 5.52. The average Bonchev–Trinajstić information content (AvgIpc) is 2.31. The Morgan fingerprint density at radius 2 is 2.06 bits per heavy atom. The molecular formula is C15H17NO. The number of nitrogens with zero attached hydrogens (tertiary/aromatic N) is 1. The summed E-state index contributed by atoms with van der Waals surface area (Å²) in [5, 5.41) is 9.49. The van der Waals surface area contributed by atoms with Crippen LogP contribution in [0.15, 0.2) is 65.3 Å². The minimum atomic E-state index is 0.241. The second-order valence-corrected chi connectivity index (χ2v) is 3.59. The highest BCUT2D eigenvalue weighted by Crippen LogP contribution is 2.12. The van der Waals surface area contributed by atoms with Crippen LogP contribution in [0, 0.1) is 0 Å². The van der Waals surface area contributed by atoms with E-state index in [2.05, 4.69) is 4.99 Å². The molecule has 1 aromatic rings. The fourth-order valence-corrected chi connectivity index (χ4v) is 1.28. The summed E-state index contributed by atoms with van der Waals surface area (Å²) in [5.74, 6) is 0.241. The molecule has 0 aromatic heterocycles. The van der Waals surface area contributed by atoms with Crippen molar-refractivity contribution in [2.45, 2.75) is 13.8 Å². The van der Waals surface area contributed by atoms with Gasteiger partial charge in [-0.3, -0.25) is 4.99 Å². The molecule has 0 atom stereocenters. The molecule has 0 saturated carbocycles. The summed E-state index contributed by atoms with van der Waals surface area (Å²) >= 11 is 0. The van der Waals surface area contributed by atoms with Crippen LogP contribution in [0.4, 0.5) is 0 Å². The zero-order chi connectivity index (χ0) is 12.5. The maximum atomic E-state index is 9.49. The molecule has 0 aliphatic heterocycles. The molecule has 0 spiro atoms. The Morgan fingerprint density at radius 3 is 2.76 bits per heavy atom. The summed E-state index contributed by atoms with van der Waals surface area (Å²) in [5.41, 5.74) is 1.88. The fourth-order valence-electron chi connectivity index (χ4n) is 1.28. The number of rotatable bonds is 4. The number of phenols is 1. The van der Waals surface area contributed by atoms with Gasteiger partial charge in [0, 0.05) is 18.0 Å². The molecule has 0 heterocycles. The highest BCUT2D eigenvalue weighted by Gasteiger charge is 1.92. The highest BCUT2D eigenvalue weighted by atomic mass is 16.3. The first-order valence-corrected chi connectivity index (χ1v) is 5.51. The Bertz CT molecular complexity index is 468. The molecule has 0 bridgehead atoms. The third kappa shape index (κ3) is 4.98. The van der Waals surface area contributed by atoms with E-state index in [1.54, 1.807) is 24.5 Å². The molecule has 0 aliphatic carbocycles. The van der Waals surface area contributed by atoms with Gasteiger partial charge in [0.05, 0.1) is 0 Å². The molecule has 1 rings (SSSR count). The number of phenolic OH excluding ortho intramolecular Hbond substituents is 1. The van der Waals surface area contributed by atoms with Crippen molar-refractivity contribution in [3.8, 4) is 5.75 Å². The lowest BCUT2D eigenvalue weighted by molar-refractivity contribution is 0.474. The number of para-hydroxylation sites is 1. The largest absolute Gasteiger partial charge is 0.507 e. The maximum Gasteiger partial charge on any atom is 0.124 e. The van der Waals surface area contributed by atoms with Gasteiger partial charge >= 0.3 is 0 Å². The quantitative estimate of drug-likeness (QED) is 0.615. The molecule has 0 fully saturated rings. The molecule has 2 heteroatoms. The lowest BCUT2D eigenvalue weighted by Crippen LogP contribution is -1.79. The smallest absolute Gasteiger partial charge is 0.124 e. The van der Waals surface area contributed by atoms with Crippen LogP contribution in [-0.2, 0) is 0 Å². The van der Waals surface area contributed by atoms with Crippen molar-refractivity contribution in [1.29, 1.82) is 0 Å². The van der Waals surface area contributed by atoms with E-state index in [0.29, 0.717) is 5.56 Å². The van der Waals surface area contributed by atoms with Gasteiger partial charge in [-0.05, 0) is 32.1 Å². The van der Waals surface area contributed by atoms with Crippen LogP contribution in [0.2, 0.25) is 0 Å². The van der Waals surface area contributed by atoms with Crippen LogP contribution < -0.4 is 0 Å². The van der Waals surface area contributed by atoms with Crippen molar-refractivity contribution >= 4 is 6.21 Å². The summed E-state index contributed by atoms with van der Waals surface area (Å²) in [7, 11) is 0. The Balaban J connectivity index is 2.60. The van der Waals surface area contributed by atoms with Crippen LogP contribution in [0.3, 0.4) is 0 Å².